The first-order chi connectivity index (χ1) is 8.43. The van der Waals surface area contributed by atoms with Crippen LogP contribution in [0.4, 0.5) is 0 Å². The second kappa shape index (κ2) is 9.56. The van der Waals surface area contributed by atoms with Crippen molar-refractivity contribution in [1.82, 2.24) is 0 Å². The van der Waals surface area contributed by atoms with Crippen molar-refractivity contribution in [2.75, 3.05) is 0 Å². The number of hydrogen-bond acceptors (Lipinski definition) is 2. The van der Waals surface area contributed by atoms with Gasteiger partial charge in [0, 0.05) is 11.5 Å². The number of hydrogen-bond donors (Lipinski definition) is 2. The first-order valence-corrected chi connectivity index (χ1v) is 7.68. The average molecular weight is 686 g/mol. The fourth-order valence-corrected chi connectivity index (χ4v) is 2.79. The van der Waals surface area contributed by atoms with E-state index in [-0.39, 0.29) is 32.6 Å². The molecule has 0 aliphatic rings. The molecule has 0 spiro atoms. The third-order valence-electron chi connectivity index (χ3n) is 1.75. The van der Waals surface area contributed by atoms with Gasteiger partial charge in [-0.1, -0.05) is 17.9 Å². The molecule has 7 heteroatoms. The van der Waals surface area contributed by atoms with Crippen LogP contribution in [-0.2, 0) is 21.1 Å². The molecule has 2 aromatic rings. The molecule has 0 unspecified atom stereocenters. The van der Waals surface area contributed by atoms with Gasteiger partial charge >= 0.3 is 21.1 Å². The van der Waals surface area contributed by atoms with E-state index in [1.165, 1.54) is 0 Å². The summed E-state index contributed by atoms with van der Waals surface area (Å²) in [5, 5.41) is 18.2. The van der Waals surface area contributed by atoms with Crippen molar-refractivity contribution in [1.29, 1.82) is 0 Å². The van der Waals surface area contributed by atoms with Crippen LogP contribution < -0.4 is 0 Å². The Kier molecular flexibility index (Phi) is 9.89. The molecule has 0 saturated heterocycles. The van der Waals surface area contributed by atoms with Gasteiger partial charge in [0.15, 0.2) is 0 Å². The van der Waals surface area contributed by atoms with Crippen LogP contribution in [0.1, 0.15) is 0 Å². The van der Waals surface area contributed by atoms with E-state index in [4.69, 9.17) is 10.2 Å². The molecule has 0 radical (unpaired) electrons. The van der Waals surface area contributed by atoms with Crippen molar-refractivity contribution in [3.63, 3.8) is 0 Å². The maximum atomic E-state index is 9.09. The largest absolute Gasteiger partial charge is 2.00 e. The normalized spacial score (nSPS) is 9.05. The SMILES string of the molecule is Oc1c(Br)c[c-]cc1Br.Oc1c(Br)c[c-]cc1Br.[W+2]. The minimum atomic E-state index is 0. The predicted molar refractivity (Wildman–Crippen MR) is 84.7 cm³/mol. The van der Waals surface area contributed by atoms with Gasteiger partial charge in [0.05, 0.1) is 0 Å². The minimum absolute atomic E-state index is 0. The van der Waals surface area contributed by atoms with Crippen molar-refractivity contribution >= 4 is 63.7 Å². The van der Waals surface area contributed by atoms with E-state index in [1.807, 2.05) is 0 Å². The molecule has 0 aliphatic heterocycles. The van der Waals surface area contributed by atoms with Crippen LogP contribution >= 0.6 is 63.7 Å². The van der Waals surface area contributed by atoms with Gasteiger partial charge in [-0.2, -0.15) is 36.4 Å². The van der Waals surface area contributed by atoms with Crippen LogP contribution in [0.5, 0.6) is 11.5 Å². The van der Waals surface area contributed by atoms with Gasteiger partial charge in [-0.15, -0.1) is 63.7 Å². The zero-order valence-corrected chi connectivity index (χ0v) is 18.4. The summed E-state index contributed by atoms with van der Waals surface area (Å²) in [7, 11) is 0. The van der Waals surface area contributed by atoms with E-state index in [0.717, 1.165) is 0 Å². The molecule has 100 valence electrons. The maximum Gasteiger partial charge on any atom is 2.00 e. The third-order valence-corrected chi connectivity index (χ3v) is 4.16. The van der Waals surface area contributed by atoms with Crippen molar-refractivity contribution in [3.05, 3.63) is 54.3 Å². The van der Waals surface area contributed by atoms with Gasteiger partial charge in [0.25, 0.3) is 0 Å². The second-order valence-electron chi connectivity index (χ2n) is 3.00. The zero-order valence-electron chi connectivity index (χ0n) is 9.12. The Morgan fingerprint density at radius 2 is 0.842 bits per heavy atom. The standard InChI is InChI=1S/2C6H3Br2O.W/c2*7-4-2-1-3-5(8)6(4)9;/h2*2-3,9H;/q2*-1;+2. The van der Waals surface area contributed by atoms with E-state index in [2.05, 4.69) is 75.9 Å². The molecule has 0 saturated carbocycles. The van der Waals surface area contributed by atoms with Crippen LogP contribution in [-0.4, -0.2) is 10.2 Å². The number of aromatic hydroxyl groups is 2. The fourth-order valence-electron chi connectivity index (χ4n) is 0.878. The number of rotatable bonds is 0. The Bertz CT molecular complexity index is 459. The molecule has 19 heavy (non-hydrogen) atoms. The maximum absolute atomic E-state index is 9.09. The summed E-state index contributed by atoms with van der Waals surface area (Å²) in [6.45, 7) is 0. The van der Waals surface area contributed by atoms with Crippen molar-refractivity contribution in [3.8, 4) is 11.5 Å². The summed E-state index contributed by atoms with van der Waals surface area (Å²) in [5.74, 6) is 0.433. The summed E-state index contributed by atoms with van der Waals surface area (Å²) >= 11 is 12.5. The van der Waals surface area contributed by atoms with Gasteiger partial charge in [-0.05, 0) is 0 Å². The molecule has 0 heterocycles. The Morgan fingerprint density at radius 3 is 1.00 bits per heavy atom. The molecule has 0 amide bonds. The van der Waals surface area contributed by atoms with Gasteiger partial charge < -0.3 is 10.2 Å². The molecule has 2 aromatic carbocycles. The third kappa shape index (κ3) is 6.30. The topological polar surface area (TPSA) is 40.5 Å². The van der Waals surface area contributed by atoms with E-state index < -0.39 is 0 Å². The van der Waals surface area contributed by atoms with Crippen LogP contribution in [0.2, 0.25) is 0 Å². The van der Waals surface area contributed by atoms with Crippen molar-refractivity contribution in [2.24, 2.45) is 0 Å². The number of benzene rings is 2. The summed E-state index contributed by atoms with van der Waals surface area (Å²) in [5.41, 5.74) is 0. The summed E-state index contributed by atoms with van der Waals surface area (Å²) in [6.07, 6.45) is 0. The zero-order chi connectivity index (χ0) is 13.7. The molecule has 0 aromatic heterocycles. The van der Waals surface area contributed by atoms with E-state index in [1.54, 1.807) is 24.3 Å². The van der Waals surface area contributed by atoms with Gasteiger partial charge in [0.2, 0.25) is 0 Å². The van der Waals surface area contributed by atoms with Gasteiger partial charge in [-0.25, -0.2) is 0 Å². The molecule has 0 fully saturated rings. The van der Waals surface area contributed by atoms with Crippen LogP contribution in [0.15, 0.2) is 42.2 Å². The molecule has 2 nitrogen and oxygen atoms in total. The number of phenols is 2. The number of phenolic OH excluding ortho intramolecular Hbond substituents is 2. The average Bonchev–Trinajstić information content (AvgIpc) is 2.34. The molecular formula is C12H6Br4O2W. The predicted octanol–water partition coefficient (Wildman–Crippen LogP) is 5.43. The Hall–Kier alpha value is 0.648. The first-order valence-electron chi connectivity index (χ1n) is 4.51. The molecule has 0 atom stereocenters. The molecule has 0 aliphatic carbocycles. The van der Waals surface area contributed by atoms with Crippen LogP contribution in [0.25, 0.3) is 0 Å². The Balaban J connectivity index is 0.000000324. The van der Waals surface area contributed by atoms with Gasteiger partial charge in [-0.3, -0.25) is 0 Å². The van der Waals surface area contributed by atoms with E-state index in [0.29, 0.717) is 17.9 Å². The summed E-state index contributed by atoms with van der Waals surface area (Å²) < 4.78 is 2.60. The minimum Gasteiger partial charge on any atom is -0.531 e. The Labute approximate surface area is 159 Å². The monoisotopic (exact) mass is 682 g/mol. The van der Waals surface area contributed by atoms with E-state index in [9.17, 15) is 0 Å². The summed E-state index contributed by atoms with van der Waals surface area (Å²) in [6, 6.07) is 12.2. The molecule has 2 rings (SSSR count). The van der Waals surface area contributed by atoms with Crippen molar-refractivity contribution in [2.45, 2.75) is 0 Å². The molecule has 2 N–H and O–H groups in total. The summed E-state index contributed by atoms with van der Waals surface area (Å²) in [4.78, 5) is 0. The van der Waals surface area contributed by atoms with Gasteiger partial charge in [0.1, 0.15) is 0 Å². The molecular weight excluding hydrogens is 680 g/mol. The first kappa shape index (κ1) is 19.6. The Morgan fingerprint density at radius 1 is 0.632 bits per heavy atom. The van der Waals surface area contributed by atoms with Crippen LogP contribution in [0.3, 0.4) is 0 Å². The smallest absolute Gasteiger partial charge is 0.531 e. The quantitative estimate of drug-likeness (QED) is 0.364. The second-order valence-corrected chi connectivity index (χ2v) is 6.42. The fraction of sp³-hybridized carbons (Fsp3) is 0. The molecule has 0 bridgehead atoms. The van der Waals surface area contributed by atoms with Crippen LogP contribution in [0, 0.1) is 12.1 Å². The van der Waals surface area contributed by atoms with Crippen molar-refractivity contribution < 1.29 is 31.3 Å². The van der Waals surface area contributed by atoms with E-state index >= 15 is 0 Å². The number of halogens is 4.